The van der Waals surface area contributed by atoms with Crippen molar-refractivity contribution >= 4 is 5.97 Å². The largest absolute Gasteiger partial charge is 0.432 e. The Morgan fingerprint density at radius 3 is 2.04 bits per heavy atom. The quantitative estimate of drug-likeness (QED) is 0.0833. The van der Waals surface area contributed by atoms with Crippen LogP contribution in [-0.2, 0) is 33.2 Å². The average molecular weight is 961 g/mol. The van der Waals surface area contributed by atoms with E-state index in [1.165, 1.54) is 12.5 Å². The summed E-state index contributed by atoms with van der Waals surface area (Å²) in [6, 6.07) is 0. The van der Waals surface area contributed by atoms with E-state index in [0.29, 0.717) is 38.5 Å². The lowest BCUT2D eigenvalue weighted by atomic mass is 9.37. The van der Waals surface area contributed by atoms with Crippen LogP contribution >= 0.6 is 0 Å². The highest BCUT2D eigenvalue weighted by molar-refractivity contribution is 5.73. The maximum Gasteiger partial charge on any atom is 0.311 e. The number of rotatable bonds is 9. The van der Waals surface area contributed by atoms with Crippen molar-refractivity contribution in [1.82, 2.24) is 0 Å². The van der Waals surface area contributed by atoms with Gasteiger partial charge in [0.1, 0.15) is 67.1 Å². The topological polar surface area (TPSA) is 335 Å². The molecule has 5 aliphatic carbocycles. The summed E-state index contributed by atoms with van der Waals surface area (Å²) in [6.45, 7) is 10.0. The van der Waals surface area contributed by atoms with Crippen molar-refractivity contribution in [2.24, 2.45) is 63.6 Å². The monoisotopic (exact) mass is 960 g/mol. The smallest absolute Gasteiger partial charge is 0.311 e. The highest BCUT2D eigenvalue weighted by Crippen LogP contribution is 2.70. The van der Waals surface area contributed by atoms with Crippen molar-refractivity contribution in [1.29, 1.82) is 0 Å². The second kappa shape index (κ2) is 19.2. The highest BCUT2D eigenvalue weighted by Gasteiger charge is 2.68. The van der Waals surface area contributed by atoms with Gasteiger partial charge >= 0.3 is 5.97 Å². The van der Waals surface area contributed by atoms with Gasteiger partial charge in [-0.3, -0.25) is 4.79 Å². The van der Waals surface area contributed by atoms with Gasteiger partial charge in [0.15, 0.2) is 12.6 Å². The first-order valence-corrected chi connectivity index (χ1v) is 24.3. The molecule has 20 unspecified atom stereocenters. The van der Waals surface area contributed by atoms with Crippen LogP contribution in [0.4, 0.5) is 0 Å². The van der Waals surface area contributed by atoms with Gasteiger partial charge in [-0.15, -0.1) is 0 Å². The van der Waals surface area contributed by atoms with E-state index in [2.05, 4.69) is 33.8 Å². The fourth-order valence-corrected chi connectivity index (χ4v) is 14.8. The van der Waals surface area contributed by atoms with Gasteiger partial charge in [0.05, 0.1) is 50.2 Å². The van der Waals surface area contributed by atoms with E-state index in [9.17, 15) is 71.2 Å². The first-order chi connectivity index (χ1) is 31.4. The van der Waals surface area contributed by atoms with Crippen LogP contribution in [0.5, 0.6) is 0 Å². The maximum absolute atomic E-state index is 14.4. The third-order valence-corrected chi connectivity index (χ3v) is 18.7. The SMILES string of the molecule is CC1CC(C(=O)OC2OC(COC3OC(CO)[C@H](OC4OC(C)[C@H](O)[C@H](O)[C@@H]4O)[C@@H](O)[C@@H]3O)[C@@H](O)[C@@H](O)[C@@H]2O)C2CCC3(C)C(=CCC4C3CC(O)C3C(C)(CO)C(O)C(O)CC43C)C2C1C. The van der Waals surface area contributed by atoms with Gasteiger partial charge in [-0.25, -0.2) is 0 Å². The Morgan fingerprint density at radius 2 is 1.37 bits per heavy atom. The molecule has 0 amide bonds. The number of hydrogen-bond donors (Lipinski definition) is 13. The number of allylic oxidation sites excluding steroid dienone is 2. The summed E-state index contributed by atoms with van der Waals surface area (Å²) in [5.41, 5.74) is -0.763. The molecule has 7 fully saturated rings. The molecule has 0 spiro atoms. The van der Waals surface area contributed by atoms with Crippen molar-refractivity contribution < 1.29 is 99.6 Å². The van der Waals surface area contributed by atoms with Gasteiger partial charge in [0.25, 0.3) is 0 Å². The van der Waals surface area contributed by atoms with E-state index in [1.807, 2.05) is 0 Å². The zero-order valence-corrected chi connectivity index (χ0v) is 39.1. The summed E-state index contributed by atoms with van der Waals surface area (Å²) in [4.78, 5) is 14.4. The van der Waals surface area contributed by atoms with Gasteiger partial charge in [0.2, 0.25) is 6.29 Å². The van der Waals surface area contributed by atoms with E-state index < -0.39 is 152 Å². The molecule has 29 atom stereocenters. The highest BCUT2D eigenvalue weighted by atomic mass is 16.8. The molecule has 0 aromatic heterocycles. The Morgan fingerprint density at radius 1 is 0.731 bits per heavy atom. The van der Waals surface area contributed by atoms with Crippen LogP contribution in [0.15, 0.2) is 11.6 Å². The first kappa shape index (κ1) is 51.8. The van der Waals surface area contributed by atoms with Gasteiger partial charge < -0.3 is 94.8 Å². The van der Waals surface area contributed by atoms with E-state index >= 15 is 0 Å². The molecule has 67 heavy (non-hydrogen) atoms. The maximum atomic E-state index is 14.4. The fraction of sp³-hybridized carbons (Fsp3) is 0.936. The Kier molecular flexibility index (Phi) is 14.8. The molecule has 4 saturated carbocycles. The van der Waals surface area contributed by atoms with Gasteiger partial charge in [0, 0.05) is 11.3 Å². The third-order valence-electron chi connectivity index (χ3n) is 18.7. The van der Waals surface area contributed by atoms with Crippen LogP contribution in [0.3, 0.4) is 0 Å². The van der Waals surface area contributed by atoms with Crippen LogP contribution in [0.1, 0.15) is 80.1 Å². The Hall–Kier alpha value is -1.51. The zero-order valence-electron chi connectivity index (χ0n) is 39.1. The minimum Gasteiger partial charge on any atom is -0.432 e. The predicted molar refractivity (Wildman–Crippen MR) is 228 cm³/mol. The summed E-state index contributed by atoms with van der Waals surface area (Å²) < 4.78 is 34.3. The van der Waals surface area contributed by atoms with Crippen LogP contribution in [0.25, 0.3) is 0 Å². The fourth-order valence-electron chi connectivity index (χ4n) is 14.8. The van der Waals surface area contributed by atoms with Gasteiger partial charge in [-0.2, -0.15) is 0 Å². The molecule has 0 radical (unpaired) electrons. The molecular weight excluding hydrogens is 884 g/mol. The van der Waals surface area contributed by atoms with Crippen LogP contribution in [0.2, 0.25) is 0 Å². The average Bonchev–Trinajstić information content (AvgIpc) is 3.29. The minimum absolute atomic E-state index is 0.0239. The normalized spacial score (nSPS) is 56.7. The van der Waals surface area contributed by atoms with Crippen LogP contribution in [-0.4, -0.2) is 203 Å². The summed E-state index contributed by atoms with van der Waals surface area (Å²) >= 11 is 0. The molecule has 3 saturated heterocycles. The lowest BCUT2D eigenvalue weighted by Crippen LogP contribution is -2.68. The molecule has 3 aliphatic heterocycles. The molecule has 8 rings (SSSR count). The number of fused-ring (bicyclic) bond motifs is 7. The Labute approximate surface area is 390 Å². The van der Waals surface area contributed by atoms with E-state index in [-0.39, 0.29) is 47.5 Å². The summed E-state index contributed by atoms with van der Waals surface area (Å²) in [7, 11) is 0. The number of carbonyl (C=O) groups excluding carboxylic acids is 1. The molecule has 0 aromatic rings. The third kappa shape index (κ3) is 8.46. The Balaban J connectivity index is 0.941. The number of carbonyl (C=O) groups is 1. The second-order valence-corrected chi connectivity index (χ2v) is 22.4. The molecular formula is C47H76O20. The lowest BCUT2D eigenvalue weighted by Gasteiger charge is -2.68. The molecule has 0 aromatic carbocycles. The molecule has 0 bridgehead atoms. The van der Waals surface area contributed by atoms with Crippen molar-refractivity contribution in [3.63, 3.8) is 0 Å². The van der Waals surface area contributed by atoms with Crippen molar-refractivity contribution in [2.45, 2.75) is 190 Å². The van der Waals surface area contributed by atoms with E-state index in [0.717, 1.165) is 0 Å². The summed E-state index contributed by atoms with van der Waals surface area (Å²) in [5.74, 6) is -1.53. The van der Waals surface area contributed by atoms with Crippen molar-refractivity contribution in [2.75, 3.05) is 19.8 Å². The number of aliphatic hydroxyl groups is 13. The number of aliphatic hydroxyl groups excluding tert-OH is 13. The molecule has 13 N–H and O–H groups in total. The van der Waals surface area contributed by atoms with Gasteiger partial charge in [-0.05, 0) is 91.8 Å². The zero-order chi connectivity index (χ0) is 49.0. The number of ether oxygens (including phenoxy) is 6. The number of hydrogen-bond acceptors (Lipinski definition) is 20. The molecule has 20 heteroatoms. The standard InChI is InChI=1S/C47H76O20/c1-17-11-21(20-9-10-45(4)23(29(20)18(17)2)8-7-22-24(45)12-25(50)39-46(22,5)13-26(51)40(60)47(39,6)16-49)41(61)67-44-36(58)33(55)31(53)28(65-44)15-62-42-37(59)34(56)38(27(14-48)64-42)66-43-35(57)32(54)30(52)19(3)63-43/h8,17-22,24-40,42-44,48-60H,7,9-16H2,1-6H3/t17?,18?,19?,20?,21?,22?,24?,25?,26?,27?,28?,29?,30-,31+,32-,33+,34-,35-,36-,37-,38-,39?,40?,42?,43?,44?,45?,46?,47?/m0/s1. The van der Waals surface area contributed by atoms with Crippen LogP contribution < -0.4 is 0 Å². The van der Waals surface area contributed by atoms with Crippen LogP contribution in [0, 0.1) is 63.6 Å². The molecule has 3 heterocycles. The Bertz CT molecular complexity index is 1790. The second-order valence-electron chi connectivity index (χ2n) is 22.4. The van der Waals surface area contributed by atoms with Gasteiger partial charge in [-0.1, -0.05) is 46.3 Å². The molecule has 384 valence electrons. The van der Waals surface area contributed by atoms with E-state index in [1.54, 1.807) is 6.92 Å². The molecule has 8 aliphatic rings. The summed E-state index contributed by atoms with van der Waals surface area (Å²) in [6.07, 6.45) is -21.8. The number of esters is 1. The predicted octanol–water partition coefficient (Wildman–Crippen LogP) is -2.60. The minimum atomic E-state index is -1.87. The summed E-state index contributed by atoms with van der Waals surface area (Å²) in [5, 5.41) is 141. The molecule has 20 nitrogen and oxygen atoms in total. The van der Waals surface area contributed by atoms with Crippen molar-refractivity contribution in [3.8, 4) is 0 Å². The lowest BCUT2D eigenvalue weighted by molar-refractivity contribution is -0.361. The first-order valence-electron chi connectivity index (χ1n) is 24.3. The van der Waals surface area contributed by atoms with E-state index in [4.69, 9.17) is 28.4 Å². The van der Waals surface area contributed by atoms with Crippen molar-refractivity contribution in [3.05, 3.63) is 11.6 Å².